The van der Waals surface area contributed by atoms with Gasteiger partial charge in [-0.25, -0.2) is 0 Å². The number of fused-ring (bicyclic) bond motifs is 1. The van der Waals surface area contributed by atoms with E-state index in [1.165, 1.54) is 5.56 Å². The van der Waals surface area contributed by atoms with E-state index in [0.29, 0.717) is 6.42 Å². The topological polar surface area (TPSA) is 26.3 Å². The summed E-state index contributed by atoms with van der Waals surface area (Å²) < 4.78 is 5.37. The van der Waals surface area contributed by atoms with Crippen molar-refractivity contribution in [1.82, 2.24) is 0 Å². The third-order valence-electron chi connectivity index (χ3n) is 2.14. The predicted molar refractivity (Wildman–Crippen MR) is 45.4 cm³/mol. The molecule has 1 aromatic rings. The van der Waals surface area contributed by atoms with Gasteiger partial charge in [0.2, 0.25) is 0 Å². The van der Waals surface area contributed by atoms with Crippen LogP contribution in [0, 0.1) is 0 Å². The van der Waals surface area contributed by atoms with Crippen molar-refractivity contribution in [2.24, 2.45) is 0 Å². The molecule has 0 fully saturated rings. The lowest BCUT2D eigenvalue weighted by Gasteiger charge is -2.02. The van der Waals surface area contributed by atoms with Crippen molar-refractivity contribution in [3.05, 3.63) is 29.3 Å². The third-order valence-corrected chi connectivity index (χ3v) is 2.14. The van der Waals surface area contributed by atoms with Crippen molar-refractivity contribution in [2.75, 3.05) is 6.61 Å². The van der Waals surface area contributed by atoms with Gasteiger partial charge in [0.25, 0.3) is 0 Å². The second-order valence-electron chi connectivity index (χ2n) is 2.86. The van der Waals surface area contributed by atoms with E-state index in [2.05, 4.69) is 0 Å². The Morgan fingerprint density at radius 1 is 1.50 bits per heavy atom. The van der Waals surface area contributed by atoms with Crippen LogP contribution in [0.25, 0.3) is 0 Å². The van der Waals surface area contributed by atoms with Crippen molar-refractivity contribution in [3.8, 4) is 5.75 Å². The van der Waals surface area contributed by atoms with Gasteiger partial charge >= 0.3 is 0 Å². The molecule has 1 aliphatic heterocycles. The minimum Gasteiger partial charge on any atom is -0.493 e. The maximum atomic E-state index is 10.3. The highest BCUT2D eigenvalue weighted by atomic mass is 16.5. The molecule has 1 heterocycles. The van der Waals surface area contributed by atoms with Crippen molar-refractivity contribution < 1.29 is 9.53 Å². The number of hydrogen-bond donors (Lipinski definition) is 0. The maximum Gasteiger partial charge on any atom is 0.124 e. The Bertz CT molecular complexity index is 305. The molecule has 0 bridgehead atoms. The zero-order chi connectivity index (χ0) is 8.39. The fraction of sp³-hybridized carbons (Fsp3) is 0.300. The molecule has 12 heavy (non-hydrogen) atoms. The Kier molecular flexibility index (Phi) is 1.82. The summed E-state index contributed by atoms with van der Waals surface area (Å²) in [6.07, 6.45) is 2.39. The monoisotopic (exact) mass is 162 g/mol. The van der Waals surface area contributed by atoms with Gasteiger partial charge in [0, 0.05) is 18.4 Å². The van der Waals surface area contributed by atoms with Gasteiger partial charge in [-0.1, -0.05) is 12.1 Å². The molecule has 0 atom stereocenters. The minimum atomic E-state index is 0.506. The number of ether oxygens (including phenoxy) is 1. The maximum absolute atomic E-state index is 10.3. The molecular formula is C10H10O2. The smallest absolute Gasteiger partial charge is 0.124 e. The summed E-state index contributed by atoms with van der Waals surface area (Å²) in [5.41, 5.74) is 2.32. The molecule has 1 aromatic carbocycles. The van der Waals surface area contributed by atoms with Crippen LogP contribution in [0.3, 0.4) is 0 Å². The normalized spacial score (nSPS) is 13.7. The van der Waals surface area contributed by atoms with Crippen LogP contribution in [0.4, 0.5) is 0 Å². The van der Waals surface area contributed by atoms with E-state index in [9.17, 15) is 4.79 Å². The molecule has 0 unspecified atom stereocenters. The first-order chi connectivity index (χ1) is 5.92. The molecule has 0 saturated heterocycles. The van der Waals surface area contributed by atoms with Gasteiger partial charge in [-0.3, -0.25) is 0 Å². The van der Waals surface area contributed by atoms with E-state index >= 15 is 0 Å². The third kappa shape index (κ3) is 1.09. The van der Waals surface area contributed by atoms with E-state index < -0.39 is 0 Å². The number of benzene rings is 1. The number of hydrogen-bond acceptors (Lipinski definition) is 2. The van der Waals surface area contributed by atoms with Gasteiger partial charge in [-0.2, -0.15) is 0 Å². The van der Waals surface area contributed by atoms with Crippen molar-refractivity contribution in [3.63, 3.8) is 0 Å². The predicted octanol–water partition coefficient (Wildman–Crippen LogP) is 1.36. The highest BCUT2D eigenvalue weighted by molar-refractivity contribution is 5.58. The molecule has 0 saturated carbocycles. The fourth-order valence-corrected chi connectivity index (χ4v) is 1.57. The van der Waals surface area contributed by atoms with E-state index in [0.717, 1.165) is 30.6 Å². The van der Waals surface area contributed by atoms with Crippen molar-refractivity contribution in [2.45, 2.75) is 12.8 Å². The van der Waals surface area contributed by atoms with E-state index in [-0.39, 0.29) is 0 Å². The van der Waals surface area contributed by atoms with Crippen LogP contribution in [0.1, 0.15) is 11.1 Å². The van der Waals surface area contributed by atoms with Gasteiger partial charge in [0.05, 0.1) is 6.61 Å². The first kappa shape index (κ1) is 7.35. The van der Waals surface area contributed by atoms with Gasteiger partial charge in [-0.05, 0) is 11.6 Å². The first-order valence-electron chi connectivity index (χ1n) is 4.09. The zero-order valence-electron chi connectivity index (χ0n) is 6.75. The summed E-state index contributed by atoms with van der Waals surface area (Å²) in [6.45, 7) is 0.755. The molecule has 62 valence electrons. The summed E-state index contributed by atoms with van der Waals surface area (Å²) in [5, 5.41) is 0. The van der Waals surface area contributed by atoms with Gasteiger partial charge in [-0.15, -0.1) is 0 Å². The zero-order valence-corrected chi connectivity index (χ0v) is 6.75. The number of carbonyl (C=O) groups is 1. The lowest BCUT2D eigenvalue weighted by atomic mass is 10.0. The summed E-state index contributed by atoms with van der Waals surface area (Å²) >= 11 is 0. The number of rotatable bonds is 2. The summed E-state index contributed by atoms with van der Waals surface area (Å²) in [5.74, 6) is 0.953. The summed E-state index contributed by atoms with van der Waals surface area (Å²) in [6, 6.07) is 5.88. The number of aldehydes is 1. The van der Waals surface area contributed by atoms with E-state index in [4.69, 9.17) is 4.74 Å². The summed E-state index contributed by atoms with van der Waals surface area (Å²) in [7, 11) is 0. The van der Waals surface area contributed by atoms with Crippen molar-refractivity contribution >= 4 is 6.29 Å². The second-order valence-corrected chi connectivity index (χ2v) is 2.86. The van der Waals surface area contributed by atoms with Crippen molar-refractivity contribution in [1.29, 1.82) is 0 Å². The molecule has 2 heteroatoms. The van der Waals surface area contributed by atoms with Crippen LogP contribution in [0.5, 0.6) is 5.75 Å². The Hall–Kier alpha value is -1.31. The molecule has 0 radical (unpaired) electrons. The van der Waals surface area contributed by atoms with Gasteiger partial charge in [0.1, 0.15) is 12.0 Å². The lowest BCUT2D eigenvalue weighted by molar-refractivity contribution is -0.107. The quantitative estimate of drug-likeness (QED) is 0.614. The largest absolute Gasteiger partial charge is 0.493 e. The highest BCUT2D eigenvalue weighted by Gasteiger charge is 2.14. The standard InChI is InChI=1S/C10H10O2/c11-6-4-8-2-1-3-10-9(8)5-7-12-10/h1-3,6H,4-5,7H2. The van der Waals surface area contributed by atoms with Crippen LogP contribution < -0.4 is 4.74 Å². The SMILES string of the molecule is O=CCc1cccc2c1CCO2. The Balaban J connectivity index is 2.42. The van der Waals surface area contributed by atoms with Crippen LogP contribution in [0.2, 0.25) is 0 Å². The van der Waals surface area contributed by atoms with Crippen LogP contribution in [-0.2, 0) is 17.6 Å². The Labute approximate surface area is 71.2 Å². The molecule has 2 rings (SSSR count). The molecule has 0 N–H and O–H groups in total. The second kappa shape index (κ2) is 2.97. The molecule has 0 aliphatic carbocycles. The van der Waals surface area contributed by atoms with Gasteiger partial charge in [0.15, 0.2) is 0 Å². The average Bonchev–Trinajstić information content (AvgIpc) is 2.53. The Morgan fingerprint density at radius 3 is 3.25 bits per heavy atom. The van der Waals surface area contributed by atoms with Crippen LogP contribution in [0.15, 0.2) is 18.2 Å². The molecule has 0 amide bonds. The van der Waals surface area contributed by atoms with Crippen LogP contribution >= 0.6 is 0 Å². The lowest BCUT2D eigenvalue weighted by Crippen LogP contribution is -1.91. The average molecular weight is 162 g/mol. The highest BCUT2D eigenvalue weighted by Crippen LogP contribution is 2.27. The fourth-order valence-electron chi connectivity index (χ4n) is 1.57. The Morgan fingerprint density at radius 2 is 2.42 bits per heavy atom. The minimum absolute atomic E-state index is 0.506. The molecule has 0 spiro atoms. The van der Waals surface area contributed by atoms with Gasteiger partial charge < -0.3 is 9.53 Å². The molecular weight excluding hydrogens is 152 g/mol. The van der Waals surface area contributed by atoms with Crippen LogP contribution in [-0.4, -0.2) is 12.9 Å². The number of carbonyl (C=O) groups excluding carboxylic acids is 1. The molecule has 1 aliphatic rings. The first-order valence-corrected chi connectivity index (χ1v) is 4.09. The molecule has 0 aromatic heterocycles. The molecule has 2 nitrogen and oxygen atoms in total. The summed E-state index contributed by atoms with van der Waals surface area (Å²) in [4.78, 5) is 10.3. The van der Waals surface area contributed by atoms with E-state index in [1.807, 2.05) is 18.2 Å². The van der Waals surface area contributed by atoms with E-state index in [1.54, 1.807) is 0 Å².